The summed E-state index contributed by atoms with van der Waals surface area (Å²) < 4.78 is 11.1. The molecule has 0 spiro atoms. The number of halogens is 1. The fourth-order valence-corrected chi connectivity index (χ4v) is 3.13. The maximum Gasteiger partial charge on any atom is 0.260 e. The van der Waals surface area contributed by atoms with Gasteiger partial charge in [-0.1, -0.05) is 35.0 Å². The third-order valence-corrected chi connectivity index (χ3v) is 4.65. The number of carbonyl (C=O) groups excluding carboxylic acids is 1. The second kappa shape index (κ2) is 7.22. The molecule has 1 aliphatic heterocycles. The summed E-state index contributed by atoms with van der Waals surface area (Å²) in [4.78, 5) is 14.3. The maximum absolute atomic E-state index is 12.5. The lowest BCUT2D eigenvalue weighted by Crippen LogP contribution is -2.38. The zero-order chi connectivity index (χ0) is 17.9. The van der Waals surface area contributed by atoms with Crippen molar-refractivity contribution in [1.82, 2.24) is 10.1 Å². The van der Waals surface area contributed by atoms with Crippen LogP contribution in [-0.4, -0.2) is 29.1 Å². The topological polar surface area (TPSA) is 55.6 Å². The molecule has 0 aliphatic carbocycles. The van der Waals surface area contributed by atoms with E-state index in [0.717, 1.165) is 16.8 Å². The summed E-state index contributed by atoms with van der Waals surface area (Å²) in [5.41, 5.74) is 2.76. The zero-order valence-corrected chi connectivity index (χ0v) is 14.8. The second-order valence-electron chi connectivity index (χ2n) is 6.11. The Morgan fingerprint density at radius 2 is 1.92 bits per heavy atom. The highest BCUT2D eigenvalue weighted by molar-refractivity contribution is 6.30. The van der Waals surface area contributed by atoms with Gasteiger partial charge in [-0.2, -0.15) is 0 Å². The standard InChI is InChI=1S/C20H17ClN2O3/c21-15-8-6-14(7-9-15)20-17-12-23(11-10-18(17)22-26-20)19(24)13-25-16-4-2-1-3-5-16/h1-9H,10-13H2. The maximum atomic E-state index is 12.5. The summed E-state index contributed by atoms with van der Waals surface area (Å²) in [6.07, 6.45) is 0.670. The second-order valence-corrected chi connectivity index (χ2v) is 6.55. The monoisotopic (exact) mass is 368 g/mol. The lowest BCUT2D eigenvalue weighted by Gasteiger charge is -2.26. The van der Waals surface area contributed by atoms with Gasteiger partial charge < -0.3 is 14.2 Å². The summed E-state index contributed by atoms with van der Waals surface area (Å²) >= 11 is 5.95. The molecule has 0 fully saturated rings. The number of hydrogen-bond acceptors (Lipinski definition) is 4. The van der Waals surface area contributed by atoms with Crippen molar-refractivity contribution in [2.45, 2.75) is 13.0 Å². The number of carbonyl (C=O) groups is 1. The predicted octanol–water partition coefficient (Wildman–Crippen LogP) is 3.96. The van der Waals surface area contributed by atoms with Gasteiger partial charge in [0, 0.05) is 29.1 Å². The molecule has 6 heteroatoms. The Bertz CT molecular complexity index is 907. The van der Waals surface area contributed by atoms with Crippen LogP contribution in [0.1, 0.15) is 11.3 Å². The fraction of sp³-hybridized carbons (Fsp3) is 0.200. The molecule has 2 heterocycles. The lowest BCUT2D eigenvalue weighted by molar-refractivity contribution is -0.134. The Morgan fingerprint density at radius 3 is 2.69 bits per heavy atom. The van der Waals surface area contributed by atoms with E-state index in [9.17, 15) is 4.79 Å². The van der Waals surface area contributed by atoms with Crippen LogP contribution in [0.25, 0.3) is 11.3 Å². The van der Waals surface area contributed by atoms with Crippen molar-refractivity contribution in [2.75, 3.05) is 13.2 Å². The number of aromatic nitrogens is 1. The molecule has 4 rings (SSSR count). The van der Waals surface area contributed by atoms with Crippen LogP contribution in [0.15, 0.2) is 59.1 Å². The number of benzene rings is 2. The van der Waals surface area contributed by atoms with Crippen molar-refractivity contribution >= 4 is 17.5 Å². The van der Waals surface area contributed by atoms with E-state index < -0.39 is 0 Å². The molecule has 2 aromatic carbocycles. The number of ether oxygens (including phenoxy) is 1. The van der Waals surface area contributed by atoms with Crippen LogP contribution in [0, 0.1) is 0 Å². The number of amides is 1. The summed E-state index contributed by atoms with van der Waals surface area (Å²) in [6, 6.07) is 16.7. The Balaban J connectivity index is 1.47. The molecule has 132 valence electrons. The van der Waals surface area contributed by atoms with Gasteiger partial charge >= 0.3 is 0 Å². The molecule has 0 bridgehead atoms. The van der Waals surface area contributed by atoms with Gasteiger partial charge in [0.05, 0.1) is 12.2 Å². The number of hydrogen-bond donors (Lipinski definition) is 0. The molecule has 5 nitrogen and oxygen atoms in total. The van der Waals surface area contributed by atoms with E-state index in [1.807, 2.05) is 54.6 Å². The summed E-state index contributed by atoms with van der Waals surface area (Å²) in [6.45, 7) is 1.09. The molecule has 1 amide bonds. The third kappa shape index (κ3) is 3.44. The van der Waals surface area contributed by atoms with Gasteiger partial charge in [-0.05, 0) is 36.4 Å². The average molecular weight is 369 g/mol. The van der Waals surface area contributed by atoms with Crippen LogP contribution in [-0.2, 0) is 17.8 Å². The van der Waals surface area contributed by atoms with E-state index in [4.69, 9.17) is 20.9 Å². The first kappa shape index (κ1) is 16.7. The van der Waals surface area contributed by atoms with Gasteiger partial charge in [-0.15, -0.1) is 0 Å². The first-order chi connectivity index (χ1) is 12.7. The van der Waals surface area contributed by atoms with Crippen LogP contribution >= 0.6 is 11.6 Å². The largest absolute Gasteiger partial charge is 0.484 e. The van der Waals surface area contributed by atoms with E-state index >= 15 is 0 Å². The van der Waals surface area contributed by atoms with Crippen molar-refractivity contribution in [1.29, 1.82) is 0 Å². The zero-order valence-electron chi connectivity index (χ0n) is 14.0. The molecule has 0 saturated heterocycles. The Kier molecular flexibility index (Phi) is 4.63. The van der Waals surface area contributed by atoms with Gasteiger partial charge in [0.1, 0.15) is 5.75 Å². The number of rotatable bonds is 4. The molecule has 1 aromatic heterocycles. The molecule has 0 saturated carbocycles. The molecular formula is C20H17ClN2O3. The number of para-hydroxylation sites is 1. The Labute approximate surface area is 156 Å². The Morgan fingerprint density at radius 1 is 1.15 bits per heavy atom. The molecule has 3 aromatic rings. The minimum absolute atomic E-state index is 0.0148. The molecule has 26 heavy (non-hydrogen) atoms. The van der Waals surface area contributed by atoms with E-state index in [1.54, 1.807) is 4.90 Å². The van der Waals surface area contributed by atoms with Crippen LogP contribution < -0.4 is 4.74 Å². The van der Waals surface area contributed by atoms with E-state index in [2.05, 4.69) is 5.16 Å². The summed E-state index contributed by atoms with van der Waals surface area (Å²) in [5, 5.41) is 4.83. The molecule has 0 radical (unpaired) electrons. The van der Waals surface area contributed by atoms with Crippen molar-refractivity contribution < 1.29 is 14.1 Å². The lowest BCUT2D eigenvalue weighted by atomic mass is 10.0. The van der Waals surface area contributed by atoms with Crippen molar-refractivity contribution in [2.24, 2.45) is 0 Å². The number of nitrogens with zero attached hydrogens (tertiary/aromatic N) is 2. The van der Waals surface area contributed by atoms with Crippen molar-refractivity contribution in [3.05, 3.63) is 70.9 Å². The van der Waals surface area contributed by atoms with Crippen LogP contribution in [0.4, 0.5) is 0 Å². The van der Waals surface area contributed by atoms with Crippen LogP contribution in [0.2, 0.25) is 5.02 Å². The molecule has 0 N–H and O–H groups in total. The quantitative estimate of drug-likeness (QED) is 0.699. The van der Waals surface area contributed by atoms with Gasteiger partial charge in [0.25, 0.3) is 5.91 Å². The van der Waals surface area contributed by atoms with Gasteiger partial charge in [0.2, 0.25) is 0 Å². The van der Waals surface area contributed by atoms with Gasteiger partial charge in [-0.3, -0.25) is 4.79 Å². The molecule has 1 aliphatic rings. The predicted molar refractivity (Wildman–Crippen MR) is 98.0 cm³/mol. The van der Waals surface area contributed by atoms with E-state index in [-0.39, 0.29) is 12.5 Å². The Hall–Kier alpha value is -2.79. The SMILES string of the molecule is O=C(COc1ccccc1)N1CCc2noc(-c3ccc(Cl)cc3)c2C1. The van der Waals surface area contributed by atoms with Gasteiger partial charge in [0.15, 0.2) is 12.4 Å². The average Bonchev–Trinajstić information content (AvgIpc) is 3.11. The van der Waals surface area contributed by atoms with Crippen LogP contribution in [0.3, 0.4) is 0 Å². The van der Waals surface area contributed by atoms with Crippen molar-refractivity contribution in [3.63, 3.8) is 0 Å². The smallest absolute Gasteiger partial charge is 0.260 e. The highest BCUT2D eigenvalue weighted by atomic mass is 35.5. The van der Waals surface area contributed by atoms with E-state index in [0.29, 0.717) is 36.0 Å². The molecule has 0 unspecified atom stereocenters. The molecular weight excluding hydrogens is 352 g/mol. The van der Waals surface area contributed by atoms with Gasteiger partial charge in [-0.25, -0.2) is 0 Å². The number of fused-ring (bicyclic) bond motifs is 1. The minimum atomic E-state index is -0.0530. The first-order valence-corrected chi connectivity index (χ1v) is 8.77. The highest BCUT2D eigenvalue weighted by Gasteiger charge is 2.27. The summed E-state index contributed by atoms with van der Waals surface area (Å²) in [7, 11) is 0. The van der Waals surface area contributed by atoms with Crippen LogP contribution in [0.5, 0.6) is 5.75 Å². The minimum Gasteiger partial charge on any atom is -0.484 e. The first-order valence-electron chi connectivity index (χ1n) is 8.39. The normalized spacial score (nSPS) is 13.3. The summed E-state index contributed by atoms with van der Waals surface area (Å²) in [5.74, 6) is 1.33. The highest BCUT2D eigenvalue weighted by Crippen LogP contribution is 2.31. The van der Waals surface area contributed by atoms with Crippen molar-refractivity contribution in [3.8, 4) is 17.1 Å². The third-order valence-electron chi connectivity index (χ3n) is 4.40. The van der Waals surface area contributed by atoms with E-state index in [1.165, 1.54) is 0 Å². The molecule has 0 atom stereocenters. The fourth-order valence-electron chi connectivity index (χ4n) is 3.01.